The molecule has 0 amide bonds. The van der Waals surface area contributed by atoms with Crippen molar-refractivity contribution in [3.63, 3.8) is 0 Å². The normalized spacial score (nSPS) is 11.5. The van der Waals surface area contributed by atoms with Crippen molar-refractivity contribution in [3.8, 4) is 23.0 Å². The van der Waals surface area contributed by atoms with E-state index < -0.39 is 0 Å². The Balaban J connectivity index is 1.20. The van der Waals surface area contributed by atoms with Gasteiger partial charge >= 0.3 is 0 Å². The van der Waals surface area contributed by atoms with E-state index in [1.165, 1.54) is 38.0 Å². The summed E-state index contributed by atoms with van der Waals surface area (Å²) in [4.78, 5) is 4.59. The summed E-state index contributed by atoms with van der Waals surface area (Å²) in [5.74, 6) is 3.24. The number of fused-ring (bicyclic) bond motifs is 7. The Morgan fingerprint density at radius 1 is 0.368 bits per heavy atom. The molecule has 0 saturated heterocycles. The van der Waals surface area contributed by atoms with Crippen molar-refractivity contribution in [2.75, 3.05) is 38.2 Å². The standard InChI is InChI=1S/C50H39N3O4/c1-54-39-19-11-34(12-20-39)51(35-13-21-40(55-2)22-14-35)38-10-9-32-30-45-43-27-28-47(49-44-7-5-6-8-46(44)53(50(43)49)48(45)31-33(32)29-38)52(36-15-23-41(56-3)24-16-36)37-17-25-42(57-4)26-18-37/h5-31H,1-4H3. The number of methoxy groups -OCH3 is 4. The number of ether oxygens (including phenoxy) is 4. The summed E-state index contributed by atoms with van der Waals surface area (Å²) in [6.07, 6.45) is 0. The van der Waals surface area contributed by atoms with Crippen LogP contribution in [0.15, 0.2) is 164 Å². The van der Waals surface area contributed by atoms with Gasteiger partial charge in [0.15, 0.2) is 0 Å². The van der Waals surface area contributed by atoms with Gasteiger partial charge in [-0.3, -0.25) is 0 Å². The van der Waals surface area contributed by atoms with E-state index in [9.17, 15) is 0 Å². The van der Waals surface area contributed by atoms with Gasteiger partial charge in [-0.1, -0.05) is 30.3 Å². The van der Waals surface area contributed by atoms with Gasteiger partial charge in [-0.25, -0.2) is 0 Å². The zero-order valence-corrected chi connectivity index (χ0v) is 32.1. The molecule has 2 heterocycles. The van der Waals surface area contributed by atoms with Crippen molar-refractivity contribution in [2.45, 2.75) is 0 Å². The second kappa shape index (κ2) is 13.7. The molecule has 0 aliphatic carbocycles. The maximum Gasteiger partial charge on any atom is 0.119 e. The number of aromatic nitrogens is 1. The predicted octanol–water partition coefficient (Wildman–Crippen LogP) is 13.0. The van der Waals surface area contributed by atoms with Crippen molar-refractivity contribution < 1.29 is 18.9 Å². The summed E-state index contributed by atoms with van der Waals surface area (Å²) in [5, 5.41) is 7.15. The van der Waals surface area contributed by atoms with Gasteiger partial charge in [-0.05, 0) is 144 Å². The van der Waals surface area contributed by atoms with Crippen LogP contribution < -0.4 is 28.7 Å². The molecule has 10 aromatic rings. The molecule has 278 valence electrons. The van der Waals surface area contributed by atoms with Crippen LogP contribution >= 0.6 is 0 Å². The summed E-state index contributed by atoms with van der Waals surface area (Å²) in [6, 6.07) is 57.6. The van der Waals surface area contributed by atoms with E-state index in [2.05, 4.69) is 129 Å². The number of rotatable bonds is 10. The Labute approximate surface area is 330 Å². The SMILES string of the molecule is COc1ccc(N(c2ccc(OC)cc2)c2ccc3cc4c5ccc(N(c6ccc(OC)cc6)c6ccc(OC)cc6)c6c7ccccc7n(c4cc3c2)c56)cc1. The number of benzene rings is 8. The lowest BCUT2D eigenvalue weighted by atomic mass is 10.0. The van der Waals surface area contributed by atoms with E-state index >= 15 is 0 Å². The smallest absolute Gasteiger partial charge is 0.119 e. The van der Waals surface area contributed by atoms with Crippen molar-refractivity contribution in [3.05, 3.63) is 164 Å². The minimum atomic E-state index is 0.810. The predicted molar refractivity (Wildman–Crippen MR) is 234 cm³/mol. The fraction of sp³-hybridized carbons (Fsp3) is 0.0800. The largest absolute Gasteiger partial charge is 0.497 e. The second-order valence-corrected chi connectivity index (χ2v) is 14.1. The van der Waals surface area contributed by atoms with Gasteiger partial charge in [0.1, 0.15) is 23.0 Å². The summed E-state index contributed by atoms with van der Waals surface area (Å²) in [5.41, 5.74) is 9.78. The molecule has 0 unspecified atom stereocenters. The van der Waals surface area contributed by atoms with Gasteiger partial charge in [0.2, 0.25) is 0 Å². The van der Waals surface area contributed by atoms with E-state index in [4.69, 9.17) is 18.9 Å². The average Bonchev–Trinajstić information content (AvgIpc) is 3.79. The molecule has 0 saturated carbocycles. The van der Waals surface area contributed by atoms with Crippen LogP contribution in [-0.4, -0.2) is 32.8 Å². The number of hydrogen-bond donors (Lipinski definition) is 0. The summed E-state index contributed by atoms with van der Waals surface area (Å²) < 4.78 is 24.5. The number of nitrogens with zero attached hydrogens (tertiary/aromatic N) is 3. The first-order valence-corrected chi connectivity index (χ1v) is 18.9. The molecule has 0 atom stereocenters. The van der Waals surface area contributed by atoms with Gasteiger partial charge in [0, 0.05) is 50.0 Å². The van der Waals surface area contributed by atoms with Crippen LogP contribution in [-0.2, 0) is 0 Å². The molecule has 10 rings (SSSR count). The van der Waals surface area contributed by atoms with E-state index in [1.54, 1.807) is 28.4 Å². The molecule has 7 nitrogen and oxygen atoms in total. The molecule has 0 aliphatic rings. The minimum absolute atomic E-state index is 0.810. The van der Waals surface area contributed by atoms with Crippen LogP contribution in [0.2, 0.25) is 0 Å². The van der Waals surface area contributed by atoms with Crippen molar-refractivity contribution >= 4 is 83.0 Å². The van der Waals surface area contributed by atoms with Gasteiger partial charge < -0.3 is 33.1 Å². The molecule has 0 aliphatic heterocycles. The van der Waals surface area contributed by atoms with E-state index in [1.807, 2.05) is 48.5 Å². The van der Waals surface area contributed by atoms with Crippen LogP contribution in [0.4, 0.5) is 34.1 Å². The maximum absolute atomic E-state index is 5.55. The Morgan fingerprint density at radius 3 is 1.39 bits per heavy atom. The maximum atomic E-state index is 5.55. The molecule has 57 heavy (non-hydrogen) atoms. The first-order valence-electron chi connectivity index (χ1n) is 18.9. The summed E-state index contributed by atoms with van der Waals surface area (Å²) in [7, 11) is 6.78. The molecule has 0 radical (unpaired) electrons. The fourth-order valence-corrected chi connectivity index (χ4v) is 8.35. The molecular weight excluding hydrogens is 707 g/mol. The molecule has 0 bridgehead atoms. The monoisotopic (exact) mass is 745 g/mol. The third-order valence-corrected chi connectivity index (χ3v) is 11.1. The zero-order chi connectivity index (χ0) is 38.6. The minimum Gasteiger partial charge on any atom is -0.497 e. The van der Waals surface area contributed by atoms with Gasteiger partial charge in [0.05, 0.1) is 50.7 Å². The number of para-hydroxylation sites is 1. The Hall–Kier alpha value is -7.38. The van der Waals surface area contributed by atoms with Gasteiger partial charge in [-0.2, -0.15) is 0 Å². The number of anilines is 6. The third kappa shape index (κ3) is 5.58. The third-order valence-electron chi connectivity index (χ3n) is 11.1. The van der Waals surface area contributed by atoms with E-state index in [0.29, 0.717) is 0 Å². The Morgan fingerprint density at radius 2 is 0.860 bits per heavy atom. The Bertz CT molecular complexity index is 2950. The lowest BCUT2D eigenvalue weighted by Crippen LogP contribution is -2.10. The van der Waals surface area contributed by atoms with E-state index in [-0.39, 0.29) is 0 Å². The van der Waals surface area contributed by atoms with Gasteiger partial charge in [-0.15, -0.1) is 0 Å². The molecule has 0 N–H and O–H groups in total. The van der Waals surface area contributed by atoms with Crippen molar-refractivity contribution in [1.82, 2.24) is 4.40 Å². The molecule has 0 spiro atoms. The fourth-order valence-electron chi connectivity index (χ4n) is 8.35. The second-order valence-electron chi connectivity index (χ2n) is 14.1. The van der Waals surface area contributed by atoms with E-state index in [0.717, 1.165) is 68.0 Å². The highest BCUT2D eigenvalue weighted by atomic mass is 16.5. The first kappa shape index (κ1) is 34.1. The topological polar surface area (TPSA) is 47.8 Å². The first-order chi connectivity index (χ1) is 28.1. The van der Waals surface area contributed by atoms with Crippen LogP contribution in [0.25, 0.3) is 48.9 Å². The lowest BCUT2D eigenvalue weighted by Gasteiger charge is -2.27. The Kier molecular flexibility index (Phi) is 8.22. The van der Waals surface area contributed by atoms with Crippen LogP contribution in [0.5, 0.6) is 23.0 Å². The van der Waals surface area contributed by atoms with Crippen LogP contribution in [0, 0.1) is 0 Å². The van der Waals surface area contributed by atoms with Crippen molar-refractivity contribution in [1.29, 1.82) is 0 Å². The molecule has 0 fully saturated rings. The summed E-state index contributed by atoms with van der Waals surface area (Å²) >= 11 is 0. The van der Waals surface area contributed by atoms with Crippen LogP contribution in [0.1, 0.15) is 0 Å². The highest BCUT2D eigenvalue weighted by Crippen LogP contribution is 2.48. The average molecular weight is 746 g/mol. The molecule has 7 heteroatoms. The number of hydrogen-bond acceptors (Lipinski definition) is 6. The quantitative estimate of drug-likeness (QED) is 0.139. The van der Waals surface area contributed by atoms with Crippen molar-refractivity contribution in [2.24, 2.45) is 0 Å². The molecule has 2 aromatic heterocycles. The zero-order valence-electron chi connectivity index (χ0n) is 32.1. The molecule has 8 aromatic carbocycles. The summed E-state index contributed by atoms with van der Waals surface area (Å²) in [6.45, 7) is 0. The van der Waals surface area contributed by atoms with Crippen LogP contribution in [0.3, 0.4) is 0 Å². The highest BCUT2D eigenvalue weighted by molar-refractivity contribution is 6.28. The van der Waals surface area contributed by atoms with Gasteiger partial charge in [0.25, 0.3) is 0 Å². The highest BCUT2D eigenvalue weighted by Gasteiger charge is 2.24. The lowest BCUT2D eigenvalue weighted by molar-refractivity contribution is 0.414. The molecular formula is C50H39N3O4.